The van der Waals surface area contributed by atoms with Gasteiger partial charge < -0.3 is 33.5 Å². The van der Waals surface area contributed by atoms with E-state index in [1.54, 1.807) is 26.0 Å². The minimum Gasteiger partial charge on any atom is -0.386 e. The van der Waals surface area contributed by atoms with E-state index in [2.05, 4.69) is 13.2 Å². The fraction of sp³-hybridized carbons (Fsp3) is 0.692. The second-order valence-electron chi connectivity index (χ2n) is 10.4. The van der Waals surface area contributed by atoms with Crippen LogP contribution in [0, 0.1) is 0 Å². The van der Waals surface area contributed by atoms with Gasteiger partial charge in [-0.15, -0.1) is 13.2 Å². The van der Waals surface area contributed by atoms with E-state index in [4.69, 9.17) is 28.4 Å². The smallest absolute Gasteiger partial charge is 0.187 e. The number of Topliss-reactive ketones (excluding diaryl/α,β-unsaturated/α-hetero) is 1. The first kappa shape index (κ1) is 27.9. The molecule has 3 unspecified atom stereocenters. The molecule has 0 spiro atoms. The van der Waals surface area contributed by atoms with Gasteiger partial charge in [-0.2, -0.15) is 0 Å². The first-order valence-corrected chi connectivity index (χ1v) is 11.9. The average molecular weight is 495 g/mol. The van der Waals surface area contributed by atoms with Gasteiger partial charge in [0.15, 0.2) is 35.0 Å². The van der Waals surface area contributed by atoms with Gasteiger partial charge in [0.1, 0.15) is 30.5 Å². The second-order valence-corrected chi connectivity index (χ2v) is 10.4. The molecule has 4 fully saturated rings. The molecule has 3 aliphatic heterocycles. The molecule has 0 aromatic carbocycles. The molecule has 5 rings (SSSR count). The SMILES string of the molecule is C=CC(O)[C@@H]1OC(C)(C)OC1C=C.CC1(C)OC2C=CC(=O)[C@@H]2O1.CC1(C)O[C@H]2CCC(=O)[C@H]2O1. The summed E-state index contributed by atoms with van der Waals surface area (Å²) in [6.45, 7) is 18.1. The van der Waals surface area contributed by atoms with Crippen molar-refractivity contribution in [3.8, 4) is 0 Å². The van der Waals surface area contributed by atoms with Gasteiger partial charge in [-0.3, -0.25) is 9.59 Å². The fourth-order valence-electron chi connectivity index (χ4n) is 4.58. The molecule has 5 aliphatic rings. The maximum absolute atomic E-state index is 11.1. The van der Waals surface area contributed by atoms with Crippen LogP contribution in [0.3, 0.4) is 0 Å². The number of fused-ring (bicyclic) bond motifs is 2. The minimum atomic E-state index is -0.718. The molecule has 1 N–H and O–H groups in total. The minimum absolute atomic E-state index is 0.0144. The summed E-state index contributed by atoms with van der Waals surface area (Å²) < 4.78 is 32.7. The van der Waals surface area contributed by atoms with Crippen LogP contribution in [0.15, 0.2) is 37.5 Å². The fourth-order valence-corrected chi connectivity index (χ4v) is 4.58. The maximum Gasteiger partial charge on any atom is 0.187 e. The van der Waals surface area contributed by atoms with Gasteiger partial charge in [-0.05, 0) is 60.1 Å². The lowest BCUT2D eigenvalue weighted by atomic mass is 10.1. The highest BCUT2D eigenvalue weighted by atomic mass is 16.8. The molecule has 9 nitrogen and oxygen atoms in total. The molecule has 7 atom stereocenters. The van der Waals surface area contributed by atoms with Crippen molar-refractivity contribution >= 4 is 11.6 Å². The van der Waals surface area contributed by atoms with Crippen LogP contribution in [-0.4, -0.2) is 76.8 Å². The van der Waals surface area contributed by atoms with Crippen LogP contribution >= 0.6 is 0 Å². The zero-order valence-electron chi connectivity index (χ0n) is 21.4. The van der Waals surface area contributed by atoms with Crippen molar-refractivity contribution in [1.82, 2.24) is 0 Å². The van der Waals surface area contributed by atoms with Crippen LogP contribution in [0.25, 0.3) is 0 Å². The van der Waals surface area contributed by atoms with E-state index in [9.17, 15) is 14.7 Å². The summed E-state index contributed by atoms with van der Waals surface area (Å²) in [6, 6.07) is 0. The lowest BCUT2D eigenvalue weighted by Crippen LogP contribution is -2.32. The molecule has 196 valence electrons. The molecule has 0 amide bonds. The number of aliphatic hydroxyl groups is 1. The number of ether oxygens (including phenoxy) is 6. The Morgan fingerprint density at radius 1 is 0.914 bits per heavy atom. The number of hydrogen-bond acceptors (Lipinski definition) is 9. The average Bonchev–Trinajstić information content (AvgIpc) is 3.52. The number of carbonyl (C=O) groups excluding carboxylic acids is 2. The van der Waals surface area contributed by atoms with Crippen molar-refractivity contribution in [1.29, 1.82) is 0 Å². The van der Waals surface area contributed by atoms with E-state index >= 15 is 0 Å². The highest BCUT2D eigenvalue weighted by Gasteiger charge is 2.48. The van der Waals surface area contributed by atoms with Crippen molar-refractivity contribution in [3.05, 3.63) is 37.5 Å². The number of rotatable bonds is 3. The quantitative estimate of drug-likeness (QED) is 0.592. The Hall–Kier alpha value is -1.72. The van der Waals surface area contributed by atoms with E-state index in [-0.39, 0.29) is 42.1 Å². The van der Waals surface area contributed by atoms with Gasteiger partial charge in [0.2, 0.25) is 0 Å². The van der Waals surface area contributed by atoms with Gasteiger partial charge in [0.05, 0.1) is 6.10 Å². The Balaban J connectivity index is 0.000000147. The van der Waals surface area contributed by atoms with E-state index in [1.165, 1.54) is 12.2 Å². The molecule has 3 heterocycles. The predicted molar refractivity (Wildman–Crippen MR) is 126 cm³/mol. The lowest BCUT2D eigenvalue weighted by molar-refractivity contribution is -0.159. The first-order valence-electron chi connectivity index (χ1n) is 11.9. The van der Waals surface area contributed by atoms with Crippen molar-refractivity contribution in [2.24, 2.45) is 0 Å². The molecule has 0 aromatic heterocycles. The normalized spacial score (nSPS) is 38.0. The van der Waals surface area contributed by atoms with Gasteiger partial charge in [0.25, 0.3) is 0 Å². The van der Waals surface area contributed by atoms with Crippen LogP contribution in [0.2, 0.25) is 0 Å². The van der Waals surface area contributed by atoms with Crippen LogP contribution in [-0.2, 0) is 38.0 Å². The van der Waals surface area contributed by atoms with Crippen molar-refractivity contribution in [2.75, 3.05) is 0 Å². The number of carbonyl (C=O) groups is 2. The molecule has 3 saturated heterocycles. The molecule has 0 aromatic rings. The molecular weight excluding hydrogens is 456 g/mol. The second kappa shape index (κ2) is 10.3. The third kappa shape index (κ3) is 6.74. The third-order valence-electron chi connectivity index (χ3n) is 6.01. The molecule has 9 heteroatoms. The largest absolute Gasteiger partial charge is 0.386 e. The Morgan fingerprint density at radius 2 is 1.51 bits per heavy atom. The predicted octanol–water partition coefficient (Wildman–Crippen LogP) is 2.75. The van der Waals surface area contributed by atoms with Gasteiger partial charge in [-0.25, -0.2) is 0 Å². The summed E-state index contributed by atoms with van der Waals surface area (Å²) in [6.07, 6.45) is 5.60. The Kier molecular flexibility index (Phi) is 8.23. The maximum atomic E-state index is 11.1. The Morgan fingerprint density at radius 3 is 2.09 bits per heavy atom. The molecular formula is C26H38O9. The molecule has 2 aliphatic carbocycles. The van der Waals surface area contributed by atoms with Crippen molar-refractivity contribution in [2.45, 2.75) is 114 Å². The summed E-state index contributed by atoms with van der Waals surface area (Å²) in [5, 5.41) is 9.52. The standard InChI is InChI=1S/C10H16O3.C8H12O3.C8H10O3/c1-5-7(11)9-8(6-2)12-10(3,4)13-9;2*1-8(2)10-6-4-3-5(9)7(6)11-8/h5-9,11H,1-2H2,3-4H3;6-7H,3-4H2,1-2H3;3-4,6-7H,1-2H3/t7?,8?,9-;6-,7+;6?,7-/m000/s1. The van der Waals surface area contributed by atoms with Crippen LogP contribution in [0.4, 0.5) is 0 Å². The Labute approximate surface area is 207 Å². The lowest BCUT2D eigenvalue weighted by Gasteiger charge is -2.18. The van der Waals surface area contributed by atoms with Crippen molar-refractivity contribution in [3.63, 3.8) is 0 Å². The van der Waals surface area contributed by atoms with Gasteiger partial charge in [-0.1, -0.05) is 12.2 Å². The van der Waals surface area contributed by atoms with Gasteiger partial charge >= 0.3 is 0 Å². The molecule has 1 saturated carbocycles. The summed E-state index contributed by atoms with van der Waals surface area (Å²) in [5.41, 5.74) is 0. The van der Waals surface area contributed by atoms with E-state index < -0.39 is 29.6 Å². The summed E-state index contributed by atoms with van der Waals surface area (Å²) in [7, 11) is 0. The van der Waals surface area contributed by atoms with Gasteiger partial charge in [0, 0.05) is 6.42 Å². The summed E-state index contributed by atoms with van der Waals surface area (Å²) >= 11 is 0. The summed E-state index contributed by atoms with van der Waals surface area (Å²) in [5.74, 6) is -1.60. The zero-order valence-corrected chi connectivity index (χ0v) is 21.4. The number of hydrogen-bond donors (Lipinski definition) is 1. The highest BCUT2D eigenvalue weighted by molar-refractivity contribution is 5.97. The number of ketones is 2. The molecule has 35 heavy (non-hydrogen) atoms. The van der Waals surface area contributed by atoms with Crippen LogP contribution in [0.5, 0.6) is 0 Å². The Bertz CT molecular complexity index is 859. The van der Waals surface area contributed by atoms with E-state index in [0.29, 0.717) is 6.42 Å². The number of aliphatic hydroxyl groups excluding tert-OH is 1. The zero-order chi connectivity index (χ0) is 26.2. The molecule has 0 bridgehead atoms. The van der Waals surface area contributed by atoms with E-state index in [1.807, 2.05) is 27.7 Å². The highest BCUT2D eigenvalue weighted by Crippen LogP contribution is 2.36. The van der Waals surface area contributed by atoms with Crippen LogP contribution < -0.4 is 0 Å². The first-order chi connectivity index (χ1) is 16.2. The van der Waals surface area contributed by atoms with Crippen LogP contribution in [0.1, 0.15) is 54.4 Å². The molecule has 0 radical (unpaired) electrons. The monoisotopic (exact) mass is 494 g/mol. The van der Waals surface area contributed by atoms with Crippen molar-refractivity contribution < 1.29 is 43.1 Å². The van der Waals surface area contributed by atoms with E-state index in [0.717, 1.165) is 6.42 Å². The third-order valence-corrected chi connectivity index (χ3v) is 6.01. The summed E-state index contributed by atoms with van der Waals surface area (Å²) in [4.78, 5) is 22.2. The topological polar surface area (TPSA) is 110 Å².